The van der Waals surface area contributed by atoms with Crippen molar-refractivity contribution in [2.45, 2.75) is 20.0 Å². The predicted molar refractivity (Wildman–Crippen MR) is 93.0 cm³/mol. The molecule has 0 aliphatic heterocycles. The Morgan fingerprint density at radius 2 is 2.04 bits per heavy atom. The molecule has 0 saturated carbocycles. The van der Waals surface area contributed by atoms with E-state index in [1.54, 1.807) is 18.3 Å². The topological polar surface area (TPSA) is 74.6 Å². The fraction of sp³-hybridized carbons (Fsp3) is 0.176. The van der Waals surface area contributed by atoms with Gasteiger partial charge in [0.2, 0.25) is 5.82 Å². The molecule has 0 aliphatic carbocycles. The first-order chi connectivity index (χ1) is 12.2. The predicted octanol–water partition coefficient (Wildman–Crippen LogP) is 3.52. The fourth-order valence-corrected chi connectivity index (χ4v) is 2.65. The molecule has 3 heterocycles. The van der Waals surface area contributed by atoms with Crippen LogP contribution in [0.1, 0.15) is 12.5 Å². The number of hydrogen-bond donors (Lipinski definition) is 0. The van der Waals surface area contributed by atoms with Crippen LogP contribution >= 0.6 is 11.6 Å². The lowest BCUT2D eigenvalue weighted by Gasteiger charge is -2.02. The van der Waals surface area contributed by atoms with E-state index in [2.05, 4.69) is 27.1 Å². The number of nitrogens with zero attached hydrogens (tertiary/aromatic N) is 6. The number of hydrogen-bond acceptors (Lipinski definition) is 5. The molecule has 0 spiro atoms. The molecule has 3 aromatic heterocycles. The van der Waals surface area contributed by atoms with E-state index in [4.69, 9.17) is 16.1 Å². The molecule has 126 valence electrons. The quantitative estimate of drug-likeness (QED) is 0.548. The van der Waals surface area contributed by atoms with E-state index in [0.717, 1.165) is 17.7 Å². The lowest BCUT2D eigenvalue weighted by Crippen LogP contribution is -2.00. The highest BCUT2D eigenvalue weighted by Gasteiger charge is 2.16. The highest BCUT2D eigenvalue weighted by atomic mass is 35.5. The highest BCUT2D eigenvalue weighted by molar-refractivity contribution is 6.30. The maximum Gasteiger partial charge on any atom is 0.294 e. The van der Waals surface area contributed by atoms with E-state index < -0.39 is 0 Å². The van der Waals surface area contributed by atoms with Gasteiger partial charge in [0.25, 0.3) is 5.89 Å². The minimum atomic E-state index is 0.373. The summed E-state index contributed by atoms with van der Waals surface area (Å²) < 4.78 is 9.24. The molecule has 4 aromatic rings. The zero-order valence-electron chi connectivity index (χ0n) is 13.5. The van der Waals surface area contributed by atoms with Crippen molar-refractivity contribution in [1.29, 1.82) is 0 Å². The number of aryl methyl sites for hydroxylation is 1. The van der Waals surface area contributed by atoms with Gasteiger partial charge in [0, 0.05) is 41.3 Å². The van der Waals surface area contributed by atoms with Crippen LogP contribution in [0.3, 0.4) is 0 Å². The Morgan fingerprint density at radius 1 is 1.20 bits per heavy atom. The number of imidazole rings is 1. The number of halogens is 1. The summed E-state index contributed by atoms with van der Waals surface area (Å²) in [6.45, 7) is 3.52. The Labute approximate surface area is 148 Å². The second-order valence-electron chi connectivity index (χ2n) is 5.51. The maximum atomic E-state index is 5.91. The van der Waals surface area contributed by atoms with Gasteiger partial charge in [0.15, 0.2) is 5.82 Å². The van der Waals surface area contributed by atoms with E-state index in [1.165, 1.54) is 0 Å². The lowest BCUT2D eigenvalue weighted by molar-refractivity contribution is 0.427. The van der Waals surface area contributed by atoms with Crippen LogP contribution in [0, 0.1) is 0 Å². The molecule has 0 amide bonds. The van der Waals surface area contributed by atoms with Gasteiger partial charge in [-0.3, -0.25) is 4.68 Å². The van der Waals surface area contributed by atoms with E-state index in [1.807, 2.05) is 40.0 Å². The normalized spacial score (nSPS) is 11.1. The van der Waals surface area contributed by atoms with Crippen LogP contribution in [-0.2, 0) is 13.1 Å². The molecule has 7 nitrogen and oxygen atoms in total. The van der Waals surface area contributed by atoms with Gasteiger partial charge in [-0.05, 0) is 31.2 Å². The van der Waals surface area contributed by atoms with Crippen molar-refractivity contribution in [3.63, 3.8) is 0 Å². The number of rotatable bonds is 5. The van der Waals surface area contributed by atoms with Crippen molar-refractivity contribution in [3.05, 3.63) is 59.6 Å². The van der Waals surface area contributed by atoms with Gasteiger partial charge in [-0.25, -0.2) is 4.98 Å². The van der Waals surface area contributed by atoms with Crippen molar-refractivity contribution in [2.75, 3.05) is 0 Å². The molecule has 0 saturated heterocycles. The van der Waals surface area contributed by atoms with Gasteiger partial charge in [0.05, 0.1) is 12.7 Å². The van der Waals surface area contributed by atoms with E-state index in [-0.39, 0.29) is 0 Å². The molecule has 25 heavy (non-hydrogen) atoms. The Kier molecular flexibility index (Phi) is 4.07. The van der Waals surface area contributed by atoms with Crippen molar-refractivity contribution < 1.29 is 4.52 Å². The van der Waals surface area contributed by atoms with Crippen molar-refractivity contribution in [1.82, 2.24) is 29.5 Å². The molecule has 0 N–H and O–H groups in total. The van der Waals surface area contributed by atoms with Gasteiger partial charge in [0.1, 0.15) is 0 Å². The smallest absolute Gasteiger partial charge is 0.294 e. The van der Waals surface area contributed by atoms with Crippen molar-refractivity contribution in [2.24, 2.45) is 0 Å². The Bertz CT molecular complexity index is 985. The summed E-state index contributed by atoms with van der Waals surface area (Å²) in [6.07, 6.45) is 7.45. The number of aromatic nitrogens is 6. The van der Waals surface area contributed by atoms with Crippen LogP contribution in [0.4, 0.5) is 0 Å². The molecular formula is C17H15ClN6O. The van der Waals surface area contributed by atoms with Crippen molar-refractivity contribution >= 4 is 11.6 Å². The molecule has 0 atom stereocenters. The van der Waals surface area contributed by atoms with Gasteiger partial charge in [-0.2, -0.15) is 10.1 Å². The molecule has 4 rings (SSSR count). The van der Waals surface area contributed by atoms with Gasteiger partial charge in [-0.1, -0.05) is 16.8 Å². The monoisotopic (exact) mass is 354 g/mol. The standard InChI is InChI=1S/C17H15ClN6O/c1-2-24-11-12(9-20-24)10-23-8-7-19-16(23)17-21-15(22-25-17)13-3-5-14(18)6-4-13/h3-9,11H,2,10H2,1H3. The zero-order chi connectivity index (χ0) is 17.2. The third kappa shape index (κ3) is 3.18. The average Bonchev–Trinajstić information content (AvgIpc) is 3.36. The van der Waals surface area contributed by atoms with E-state index >= 15 is 0 Å². The number of benzene rings is 1. The van der Waals surface area contributed by atoms with Crippen LogP contribution in [0.15, 0.2) is 53.6 Å². The lowest BCUT2D eigenvalue weighted by atomic mass is 10.2. The van der Waals surface area contributed by atoms with Gasteiger partial charge in [-0.15, -0.1) is 0 Å². The Hall–Kier alpha value is -2.93. The molecular weight excluding hydrogens is 340 g/mol. The molecule has 0 unspecified atom stereocenters. The summed E-state index contributed by atoms with van der Waals surface area (Å²) in [5.74, 6) is 1.50. The highest BCUT2D eigenvalue weighted by Crippen LogP contribution is 2.23. The first-order valence-corrected chi connectivity index (χ1v) is 8.23. The summed E-state index contributed by atoms with van der Waals surface area (Å²) in [5.41, 5.74) is 1.92. The molecule has 1 aromatic carbocycles. The van der Waals surface area contributed by atoms with Gasteiger partial charge < -0.3 is 9.09 Å². The zero-order valence-corrected chi connectivity index (χ0v) is 14.3. The fourth-order valence-electron chi connectivity index (χ4n) is 2.52. The molecule has 0 fully saturated rings. The molecule has 0 bridgehead atoms. The van der Waals surface area contributed by atoms with Crippen LogP contribution < -0.4 is 0 Å². The molecule has 0 aliphatic rings. The summed E-state index contributed by atoms with van der Waals surface area (Å²) in [7, 11) is 0. The average molecular weight is 355 g/mol. The molecule has 0 radical (unpaired) electrons. The van der Waals surface area contributed by atoms with E-state index in [9.17, 15) is 0 Å². The minimum Gasteiger partial charge on any atom is -0.330 e. The Morgan fingerprint density at radius 3 is 2.80 bits per heavy atom. The summed E-state index contributed by atoms with van der Waals surface area (Å²) in [4.78, 5) is 8.80. The Balaban J connectivity index is 1.61. The largest absolute Gasteiger partial charge is 0.330 e. The van der Waals surface area contributed by atoms with E-state index in [0.29, 0.717) is 29.1 Å². The van der Waals surface area contributed by atoms with Crippen LogP contribution in [0.25, 0.3) is 23.1 Å². The molecule has 8 heteroatoms. The summed E-state index contributed by atoms with van der Waals surface area (Å²) >= 11 is 5.91. The first kappa shape index (κ1) is 15.6. The van der Waals surface area contributed by atoms with Gasteiger partial charge >= 0.3 is 0 Å². The second kappa shape index (κ2) is 6.52. The van der Waals surface area contributed by atoms with Crippen molar-refractivity contribution in [3.8, 4) is 23.1 Å². The third-order valence-electron chi connectivity index (χ3n) is 3.80. The minimum absolute atomic E-state index is 0.373. The first-order valence-electron chi connectivity index (χ1n) is 7.85. The second-order valence-corrected chi connectivity index (χ2v) is 5.95. The SMILES string of the molecule is CCn1cc(Cn2ccnc2-c2nc(-c3ccc(Cl)cc3)no2)cn1. The van der Waals surface area contributed by atoms with Crippen LogP contribution in [0.5, 0.6) is 0 Å². The third-order valence-corrected chi connectivity index (χ3v) is 4.05. The van der Waals surface area contributed by atoms with Crippen LogP contribution in [-0.4, -0.2) is 29.5 Å². The summed E-state index contributed by atoms with van der Waals surface area (Å²) in [5, 5.41) is 8.99. The summed E-state index contributed by atoms with van der Waals surface area (Å²) in [6, 6.07) is 7.28. The van der Waals surface area contributed by atoms with Crippen LogP contribution in [0.2, 0.25) is 5.02 Å². The maximum absolute atomic E-state index is 5.91.